The molecule has 3 heteroatoms. The van der Waals surface area contributed by atoms with E-state index in [0.29, 0.717) is 6.04 Å². The van der Waals surface area contributed by atoms with Crippen molar-refractivity contribution in [2.24, 2.45) is 11.8 Å². The van der Waals surface area contributed by atoms with E-state index in [0.717, 1.165) is 23.2 Å². The number of hydrogen-bond donors (Lipinski definition) is 2. The SMILES string of the molecule is CC(=O)Nc1ccc(NC2CCC(C)C(C)C2)cc1. The van der Waals surface area contributed by atoms with Gasteiger partial charge in [-0.3, -0.25) is 4.79 Å². The van der Waals surface area contributed by atoms with Crippen molar-refractivity contribution in [2.45, 2.75) is 46.1 Å². The van der Waals surface area contributed by atoms with Crippen LogP contribution >= 0.6 is 0 Å². The minimum atomic E-state index is -0.0317. The highest BCUT2D eigenvalue weighted by atomic mass is 16.1. The molecule has 1 amide bonds. The summed E-state index contributed by atoms with van der Waals surface area (Å²) in [6.45, 7) is 6.22. The van der Waals surface area contributed by atoms with Crippen molar-refractivity contribution in [2.75, 3.05) is 10.6 Å². The van der Waals surface area contributed by atoms with Crippen molar-refractivity contribution in [3.05, 3.63) is 24.3 Å². The van der Waals surface area contributed by atoms with Crippen LogP contribution in [0.4, 0.5) is 11.4 Å². The Morgan fingerprint density at radius 1 is 1.05 bits per heavy atom. The Bertz CT molecular complexity index is 427. The lowest BCUT2D eigenvalue weighted by atomic mass is 9.79. The lowest BCUT2D eigenvalue weighted by molar-refractivity contribution is -0.114. The number of anilines is 2. The van der Waals surface area contributed by atoms with Gasteiger partial charge in [0.2, 0.25) is 5.91 Å². The van der Waals surface area contributed by atoms with Crippen molar-refractivity contribution < 1.29 is 4.79 Å². The maximum Gasteiger partial charge on any atom is 0.221 e. The summed E-state index contributed by atoms with van der Waals surface area (Å²) in [6, 6.07) is 8.54. The Morgan fingerprint density at radius 2 is 1.68 bits per heavy atom. The van der Waals surface area contributed by atoms with Crippen LogP contribution in [-0.2, 0) is 4.79 Å². The average Bonchev–Trinajstić information content (AvgIpc) is 2.36. The molecule has 0 radical (unpaired) electrons. The van der Waals surface area contributed by atoms with E-state index in [9.17, 15) is 4.79 Å². The molecule has 19 heavy (non-hydrogen) atoms. The highest BCUT2D eigenvalue weighted by molar-refractivity contribution is 5.88. The van der Waals surface area contributed by atoms with Crippen molar-refractivity contribution >= 4 is 17.3 Å². The predicted octanol–water partition coefficient (Wildman–Crippen LogP) is 3.88. The maximum atomic E-state index is 11.0. The fraction of sp³-hybridized carbons (Fsp3) is 0.562. The summed E-state index contributed by atoms with van der Waals surface area (Å²) in [5.74, 6) is 1.61. The number of hydrogen-bond acceptors (Lipinski definition) is 2. The first-order valence-corrected chi connectivity index (χ1v) is 7.19. The molecular formula is C16H24N2O. The van der Waals surface area contributed by atoms with Crippen molar-refractivity contribution in [3.63, 3.8) is 0 Å². The number of carbonyl (C=O) groups is 1. The first-order chi connectivity index (χ1) is 9.04. The second kappa shape index (κ2) is 6.09. The van der Waals surface area contributed by atoms with Crippen LogP contribution in [0.3, 0.4) is 0 Å². The minimum absolute atomic E-state index is 0.0317. The Kier molecular flexibility index (Phi) is 4.46. The fourth-order valence-corrected chi connectivity index (χ4v) is 2.77. The van der Waals surface area contributed by atoms with Gasteiger partial charge in [0.25, 0.3) is 0 Å². The van der Waals surface area contributed by atoms with E-state index in [2.05, 4.69) is 24.5 Å². The molecule has 0 spiro atoms. The molecule has 0 bridgehead atoms. The Morgan fingerprint density at radius 3 is 2.26 bits per heavy atom. The van der Waals surface area contributed by atoms with Gasteiger partial charge in [-0.1, -0.05) is 13.8 Å². The van der Waals surface area contributed by atoms with E-state index in [1.165, 1.54) is 26.2 Å². The van der Waals surface area contributed by atoms with Crippen molar-refractivity contribution in [1.29, 1.82) is 0 Å². The van der Waals surface area contributed by atoms with Crippen LogP contribution in [-0.4, -0.2) is 11.9 Å². The van der Waals surface area contributed by atoms with Gasteiger partial charge in [0.1, 0.15) is 0 Å². The highest BCUT2D eigenvalue weighted by Gasteiger charge is 2.24. The van der Waals surface area contributed by atoms with Crippen LogP contribution in [0.2, 0.25) is 0 Å². The molecule has 0 heterocycles. The zero-order chi connectivity index (χ0) is 13.8. The lowest BCUT2D eigenvalue weighted by Crippen LogP contribution is -2.30. The van der Waals surface area contributed by atoms with Gasteiger partial charge in [-0.2, -0.15) is 0 Å². The molecule has 3 unspecified atom stereocenters. The molecule has 2 N–H and O–H groups in total. The van der Waals surface area contributed by atoms with Gasteiger partial charge >= 0.3 is 0 Å². The first kappa shape index (κ1) is 13.9. The number of amides is 1. The maximum absolute atomic E-state index is 11.0. The van der Waals surface area contributed by atoms with Gasteiger partial charge in [-0.25, -0.2) is 0 Å². The minimum Gasteiger partial charge on any atom is -0.382 e. The van der Waals surface area contributed by atoms with Crippen LogP contribution in [0.25, 0.3) is 0 Å². The van der Waals surface area contributed by atoms with E-state index >= 15 is 0 Å². The summed E-state index contributed by atoms with van der Waals surface area (Å²) in [7, 11) is 0. The van der Waals surface area contributed by atoms with Crippen LogP contribution < -0.4 is 10.6 Å². The molecule has 1 aliphatic rings. The molecule has 0 saturated heterocycles. The Balaban J connectivity index is 1.91. The smallest absolute Gasteiger partial charge is 0.221 e. The molecule has 1 aromatic carbocycles. The third-order valence-corrected chi connectivity index (χ3v) is 4.17. The second-order valence-electron chi connectivity index (χ2n) is 5.87. The van der Waals surface area contributed by atoms with Crippen LogP contribution in [0.5, 0.6) is 0 Å². The largest absolute Gasteiger partial charge is 0.382 e. The summed E-state index contributed by atoms with van der Waals surface area (Å²) >= 11 is 0. The van der Waals surface area contributed by atoms with Crippen LogP contribution in [0.1, 0.15) is 40.0 Å². The zero-order valence-electron chi connectivity index (χ0n) is 12.1. The van der Waals surface area contributed by atoms with E-state index < -0.39 is 0 Å². The normalized spacial score (nSPS) is 26.8. The third kappa shape index (κ3) is 3.98. The molecule has 104 valence electrons. The summed E-state index contributed by atoms with van der Waals surface area (Å²) in [5, 5.41) is 6.38. The molecule has 1 aromatic rings. The fourth-order valence-electron chi connectivity index (χ4n) is 2.77. The number of carbonyl (C=O) groups excluding carboxylic acids is 1. The molecule has 2 rings (SSSR count). The van der Waals surface area contributed by atoms with Crippen molar-refractivity contribution in [3.8, 4) is 0 Å². The topological polar surface area (TPSA) is 41.1 Å². The molecule has 0 aliphatic heterocycles. The van der Waals surface area contributed by atoms with Gasteiger partial charge in [0.05, 0.1) is 0 Å². The molecule has 1 fully saturated rings. The van der Waals surface area contributed by atoms with E-state index in [1.54, 1.807) is 0 Å². The van der Waals surface area contributed by atoms with Crippen LogP contribution in [0.15, 0.2) is 24.3 Å². The molecule has 0 aromatic heterocycles. The van der Waals surface area contributed by atoms with Crippen molar-refractivity contribution in [1.82, 2.24) is 0 Å². The molecule has 3 nitrogen and oxygen atoms in total. The molecular weight excluding hydrogens is 236 g/mol. The lowest BCUT2D eigenvalue weighted by Gasteiger charge is -2.33. The van der Waals surface area contributed by atoms with Gasteiger partial charge in [-0.15, -0.1) is 0 Å². The number of nitrogens with one attached hydrogen (secondary N) is 2. The molecule has 1 saturated carbocycles. The molecule has 1 aliphatic carbocycles. The highest BCUT2D eigenvalue weighted by Crippen LogP contribution is 2.31. The number of benzene rings is 1. The first-order valence-electron chi connectivity index (χ1n) is 7.19. The predicted molar refractivity (Wildman–Crippen MR) is 80.3 cm³/mol. The summed E-state index contributed by atoms with van der Waals surface area (Å²) < 4.78 is 0. The summed E-state index contributed by atoms with van der Waals surface area (Å²) in [6.07, 6.45) is 3.80. The summed E-state index contributed by atoms with van der Waals surface area (Å²) in [4.78, 5) is 11.0. The van der Waals surface area contributed by atoms with Crippen LogP contribution in [0, 0.1) is 11.8 Å². The standard InChI is InChI=1S/C16H24N2O/c1-11-4-5-16(10-12(11)2)18-15-8-6-14(7-9-15)17-13(3)19/h6-9,11-12,16,18H,4-5,10H2,1-3H3,(H,17,19). The van der Waals surface area contributed by atoms with E-state index in [4.69, 9.17) is 0 Å². The zero-order valence-corrected chi connectivity index (χ0v) is 12.1. The monoisotopic (exact) mass is 260 g/mol. The second-order valence-corrected chi connectivity index (χ2v) is 5.87. The Labute approximate surface area is 115 Å². The van der Waals surface area contributed by atoms with E-state index in [1.807, 2.05) is 24.3 Å². The summed E-state index contributed by atoms with van der Waals surface area (Å²) in [5.41, 5.74) is 1.99. The van der Waals surface area contributed by atoms with Gasteiger partial charge < -0.3 is 10.6 Å². The third-order valence-electron chi connectivity index (χ3n) is 4.17. The number of rotatable bonds is 3. The van der Waals surface area contributed by atoms with E-state index in [-0.39, 0.29) is 5.91 Å². The molecule has 3 atom stereocenters. The van der Waals surface area contributed by atoms with Gasteiger partial charge in [0, 0.05) is 24.3 Å². The quantitative estimate of drug-likeness (QED) is 0.866. The van der Waals surface area contributed by atoms with Gasteiger partial charge in [-0.05, 0) is 55.4 Å². The Hall–Kier alpha value is -1.51. The average molecular weight is 260 g/mol. The van der Waals surface area contributed by atoms with Gasteiger partial charge in [0.15, 0.2) is 0 Å².